The number of nitrogens with one attached hydrogen (secondary N) is 1. The van der Waals surface area contributed by atoms with E-state index in [-0.39, 0.29) is 11.9 Å². The molecule has 0 saturated carbocycles. The Bertz CT molecular complexity index is 1020. The second kappa shape index (κ2) is 7.08. The molecule has 0 fully saturated rings. The average Bonchev–Trinajstić information content (AvgIpc) is 3.00. The predicted octanol–water partition coefficient (Wildman–Crippen LogP) is 4.74. The first-order valence-corrected chi connectivity index (χ1v) is 9.52. The van der Waals surface area contributed by atoms with Crippen LogP contribution in [0.3, 0.4) is 0 Å². The van der Waals surface area contributed by atoms with Crippen LogP contribution in [0.1, 0.15) is 39.7 Å². The van der Waals surface area contributed by atoms with Gasteiger partial charge in [0.1, 0.15) is 11.5 Å². The molecule has 28 heavy (non-hydrogen) atoms. The number of hydrogen-bond donors (Lipinski definition) is 1. The van der Waals surface area contributed by atoms with Crippen LogP contribution >= 0.6 is 0 Å². The molecule has 5 nitrogen and oxygen atoms in total. The molecule has 1 aliphatic rings. The van der Waals surface area contributed by atoms with E-state index in [4.69, 9.17) is 0 Å². The van der Waals surface area contributed by atoms with Gasteiger partial charge in [-0.05, 0) is 56.9 Å². The van der Waals surface area contributed by atoms with Gasteiger partial charge in [-0.1, -0.05) is 35.9 Å². The van der Waals surface area contributed by atoms with E-state index in [1.165, 1.54) is 11.1 Å². The van der Waals surface area contributed by atoms with Crippen molar-refractivity contribution in [2.75, 3.05) is 10.2 Å². The van der Waals surface area contributed by atoms with Crippen molar-refractivity contribution in [1.82, 2.24) is 9.97 Å². The standard InChI is InChI=1S/C23H24N4O/c1-14-9-15(2)22(16(3)10-14)26-21-13-24-19(12-25-21)23(28)27-17(4)11-18-7-5-6-8-20(18)27/h5-10,12-13,17H,11H2,1-4H3,(H,25,26). The van der Waals surface area contributed by atoms with Crippen molar-refractivity contribution in [1.29, 1.82) is 0 Å². The molecule has 1 amide bonds. The molecular weight excluding hydrogens is 348 g/mol. The van der Waals surface area contributed by atoms with Crippen molar-refractivity contribution < 1.29 is 4.79 Å². The number of para-hydroxylation sites is 1. The normalized spacial score (nSPS) is 15.4. The summed E-state index contributed by atoms with van der Waals surface area (Å²) in [6.07, 6.45) is 4.04. The summed E-state index contributed by atoms with van der Waals surface area (Å²) in [6.45, 7) is 8.28. The number of aromatic nitrogens is 2. The topological polar surface area (TPSA) is 58.1 Å². The van der Waals surface area contributed by atoms with Gasteiger partial charge in [-0.15, -0.1) is 0 Å². The van der Waals surface area contributed by atoms with Crippen LogP contribution in [0, 0.1) is 20.8 Å². The van der Waals surface area contributed by atoms with Gasteiger partial charge >= 0.3 is 0 Å². The van der Waals surface area contributed by atoms with Crippen LogP contribution in [0.4, 0.5) is 17.2 Å². The third kappa shape index (κ3) is 3.24. The quantitative estimate of drug-likeness (QED) is 0.722. The van der Waals surface area contributed by atoms with E-state index in [2.05, 4.69) is 61.2 Å². The van der Waals surface area contributed by atoms with E-state index in [0.29, 0.717) is 11.5 Å². The van der Waals surface area contributed by atoms with Gasteiger partial charge in [-0.3, -0.25) is 4.79 Å². The summed E-state index contributed by atoms with van der Waals surface area (Å²) in [5.74, 6) is 0.515. The number of fused-ring (bicyclic) bond motifs is 1. The van der Waals surface area contributed by atoms with Gasteiger partial charge < -0.3 is 10.2 Å². The maximum absolute atomic E-state index is 13.0. The summed E-state index contributed by atoms with van der Waals surface area (Å²) in [4.78, 5) is 23.7. The largest absolute Gasteiger partial charge is 0.339 e. The average molecular weight is 372 g/mol. The highest BCUT2D eigenvalue weighted by Gasteiger charge is 2.31. The summed E-state index contributed by atoms with van der Waals surface area (Å²) in [5.41, 5.74) is 7.08. The first kappa shape index (κ1) is 18.2. The minimum absolute atomic E-state index is 0.112. The summed E-state index contributed by atoms with van der Waals surface area (Å²) in [6, 6.07) is 12.4. The molecule has 2 heterocycles. The fraction of sp³-hybridized carbons (Fsp3) is 0.261. The molecular formula is C23H24N4O. The van der Waals surface area contributed by atoms with E-state index in [9.17, 15) is 4.79 Å². The molecule has 0 radical (unpaired) electrons. The van der Waals surface area contributed by atoms with Crippen LogP contribution < -0.4 is 10.2 Å². The number of benzene rings is 2. The van der Waals surface area contributed by atoms with Crippen LogP contribution in [0.15, 0.2) is 48.8 Å². The zero-order valence-electron chi connectivity index (χ0n) is 16.7. The van der Waals surface area contributed by atoms with Gasteiger partial charge in [0.15, 0.2) is 0 Å². The van der Waals surface area contributed by atoms with Crippen molar-refractivity contribution in [3.8, 4) is 0 Å². The smallest absolute Gasteiger partial charge is 0.278 e. The molecule has 3 aromatic rings. The Kier molecular flexibility index (Phi) is 4.59. The Labute approximate surface area is 165 Å². The van der Waals surface area contributed by atoms with Gasteiger partial charge in [0.05, 0.1) is 12.4 Å². The van der Waals surface area contributed by atoms with E-state index < -0.39 is 0 Å². The molecule has 2 aromatic carbocycles. The second-order valence-corrected chi connectivity index (χ2v) is 7.54. The first-order valence-electron chi connectivity index (χ1n) is 9.52. The fourth-order valence-corrected chi connectivity index (χ4v) is 4.01. The van der Waals surface area contributed by atoms with Crippen molar-refractivity contribution >= 4 is 23.1 Å². The lowest BCUT2D eigenvalue weighted by molar-refractivity contribution is 0.0976. The zero-order valence-corrected chi connectivity index (χ0v) is 16.7. The highest BCUT2D eigenvalue weighted by molar-refractivity contribution is 6.06. The van der Waals surface area contributed by atoms with Crippen molar-refractivity contribution in [3.63, 3.8) is 0 Å². The van der Waals surface area contributed by atoms with Crippen LogP contribution in [0.2, 0.25) is 0 Å². The number of carbonyl (C=O) groups is 1. The van der Waals surface area contributed by atoms with E-state index in [1.54, 1.807) is 12.4 Å². The summed E-state index contributed by atoms with van der Waals surface area (Å²) >= 11 is 0. The minimum atomic E-state index is -0.112. The molecule has 5 heteroatoms. The molecule has 4 rings (SSSR count). The Morgan fingerprint density at radius 3 is 2.46 bits per heavy atom. The van der Waals surface area contributed by atoms with Crippen LogP contribution in [0.25, 0.3) is 0 Å². The summed E-state index contributed by atoms with van der Waals surface area (Å²) in [7, 11) is 0. The lowest BCUT2D eigenvalue weighted by atomic mass is 10.1. The number of hydrogen-bond acceptors (Lipinski definition) is 4. The molecule has 1 atom stereocenters. The molecule has 0 bridgehead atoms. The minimum Gasteiger partial charge on any atom is -0.339 e. The monoisotopic (exact) mass is 372 g/mol. The Morgan fingerprint density at radius 1 is 1.07 bits per heavy atom. The van der Waals surface area contributed by atoms with Crippen molar-refractivity contribution in [2.24, 2.45) is 0 Å². The molecule has 0 spiro atoms. The van der Waals surface area contributed by atoms with Crippen molar-refractivity contribution in [2.45, 2.75) is 40.2 Å². The lowest BCUT2D eigenvalue weighted by Crippen LogP contribution is -2.36. The molecule has 142 valence electrons. The first-order chi connectivity index (χ1) is 13.4. The molecule has 1 N–H and O–H groups in total. The number of amides is 1. The van der Waals surface area contributed by atoms with E-state index >= 15 is 0 Å². The Balaban J connectivity index is 1.57. The lowest BCUT2D eigenvalue weighted by Gasteiger charge is -2.22. The van der Waals surface area contributed by atoms with Crippen molar-refractivity contribution in [3.05, 3.63) is 76.7 Å². The number of anilines is 3. The predicted molar refractivity (Wildman–Crippen MR) is 112 cm³/mol. The van der Waals surface area contributed by atoms with E-state index in [1.807, 2.05) is 23.1 Å². The molecule has 1 aliphatic heterocycles. The Morgan fingerprint density at radius 2 is 1.79 bits per heavy atom. The molecule has 0 aliphatic carbocycles. The fourth-order valence-electron chi connectivity index (χ4n) is 4.01. The Hall–Kier alpha value is -3.21. The van der Waals surface area contributed by atoms with Gasteiger partial charge in [0.2, 0.25) is 0 Å². The third-order valence-electron chi connectivity index (χ3n) is 5.23. The number of rotatable bonds is 3. The van der Waals surface area contributed by atoms with Crippen LogP contribution in [0.5, 0.6) is 0 Å². The molecule has 1 unspecified atom stereocenters. The second-order valence-electron chi connectivity index (χ2n) is 7.54. The summed E-state index contributed by atoms with van der Waals surface area (Å²) in [5, 5.41) is 3.33. The third-order valence-corrected chi connectivity index (χ3v) is 5.23. The zero-order chi connectivity index (χ0) is 19.8. The summed E-state index contributed by atoms with van der Waals surface area (Å²) < 4.78 is 0. The maximum Gasteiger partial charge on any atom is 0.278 e. The van der Waals surface area contributed by atoms with Gasteiger partial charge in [0, 0.05) is 17.4 Å². The number of nitrogens with zero attached hydrogens (tertiary/aromatic N) is 3. The van der Waals surface area contributed by atoms with Gasteiger partial charge in [0.25, 0.3) is 5.91 Å². The molecule has 0 saturated heterocycles. The molecule has 1 aromatic heterocycles. The van der Waals surface area contributed by atoms with Gasteiger partial charge in [-0.2, -0.15) is 0 Å². The highest BCUT2D eigenvalue weighted by atomic mass is 16.2. The number of aryl methyl sites for hydroxylation is 3. The van der Waals surface area contributed by atoms with E-state index in [0.717, 1.165) is 28.9 Å². The maximum atomic E-state index is 13.0. The van der Waals surface area contributed by atoms with Crippen LogP contribution in [-0.4, -0.2) is 21.9 Å². The van der Waals surface area contributed by atoms with Crippen LogP contribution in [-0.2, 0) is 6.42 Å². The number of carbonyl (C=O) groups excluding carboxylic acids is 1. The SMILES string of the molecule is Cc1cc(C)c(Nc2cnc(C(=O)N3c4ccccc4CC3C)cn2)c(C)c1. The van der Waals surface area contributed by atoms with Gasteiger partial charge in [-0.25, -0.2) is 9.97 Å². The highest BCUT2D eigenvalue weighted by Crippen LogP contribution is 2.33.